The molecule has 2 aromatic rings. The van der Waals surface area contributed by atoms with E-state index in [1.807, 2.05) is 65.0 Å². The lowest BCUT2D eigenvalue weighted by Gasteiger charge is -2.49. The number of hydrogen-bond donors (Lipinski definition) is 1. The summed E-state index contributed by atoms with van der Waals surface area (Å²) in [6.07, 6.45) is 3.50. The van der Waals surface area contributed by atoms with Crippen LogP contribution in [-0.4, -0.2) is 30.1 Å². The number of allylic oxidation sites excluding steroid dienone is 2. The Labute approximate surface area is 223 Å². The molecule has 10 heteroatoms. The number of amides is 1. The number of nitrogens with zero attached hydrogens (tertiary/aromatic N) is 2. The standard InChI is InChI=1S/C27H32N2O6S2/c1-18(2)25-20(5)27(17-36,19(3)4)26(30)28(24(25)16-11-21-9-7-6-8-10-21)35-37(33,34)23-14-12-22(13-15-23)29(31)32/h6-16,18-20,36H,17H2,1-5H3. The molecule has 37 heavy (non-hydrogen) atoms. The van der Waals surface area contributed by atoms with Gasteiger partial charge in [0.1, 0.15) is 0 Å². The van der Waals surface area contributed by atoms with Gasteiger partial charge in [0.2, 0.25) is 0 Å². The highest BCUT2D eigenvalue weighted by atomic mass is 32.2. The first-order valence-electron chi connectivity index (χ1n) is 12.0. The van der Waals surface area contributed by atoms with Crippen molar-refractivity contribution in [3.05, 3.63) is 87.6 Å². The summed E-state index contributed by atoms with van der Waals surface area (Å²) in [5, 5.41) is 11.9. The fraction of sp³-hybridized carbons (Fsp3) is 0.370. The van der Waals surface area contributed by atoms with Crippen LogP contribution in [0.4, 0.5) is 5.69 Å². The van der Waals surface area contributed by atoms with Crippen molar-refractivity contribution in [2.24, 2.45) is 23.2 Å². The Hall–Kier alpha value is -2.95. The van der Waals surface area contributed by atoms with Gasteiger partial charge in [0.15, 0.2) is 0 Å². The van der Waals surface area contributed by atoms with Gasteiger partial charge in [-0.25, -0.2) is 0 Å². The van der Waals surface area contributed by atoms with E-state index in [1.165, 1.54) is 0 Å². The van der Waals surface area contributed by atoms with Crippen molar-refractivity contribution in [2.45, 2.75) is 39.5 Å². The van der Waals surface area contributed by atoms with Gasteiger partial charge in [0, 0.05) is 17.9 Å². The molecule has 0 bridgehead atoms. The van der Waals surface area contributed by atoms with E-state index < -0.39 is 26.4 Å². The average Bonchev–Trinajstić information content (AvgIpc) is 2.85. The van der Waals surface area contributed by atoms with Gasteiger partial charge in [0.25, 0.3) is 11.6 Å². The number of carbonyl (C=O) groups is 1. The topological polar surface area (TPSA) is 107 Å². The second-order valence-electron chi connectivity index (χ2n) is 9.69. The number of nitro benzene ring substituents is 1. The lowest BCUT2D eigenvalue weighted by Crippen LogP contribution is -2.56. The largest absolute Gasteiger partial charge is 0.318 e. The maximum Gasteiger partial charge on any atom is 0.318 e. The van der Waals surface area contributed by atoms with E-state index in [4.69, 9.17) is 4.28 Å². The fourth-order valence-corrected chi connectivity index (χ4v) is 6.56. The maximum atomic E-state index is 14.1. The Kier molecular flexibility index (Phi) is 8.66. The molecular weight excluding hydrogens is 512 g/mol. The summed E-state index contributed by atoms with van der Waals surface area (Å²) in [5.41, 5.74) is 0.807. The Bertz CT molecular complexity index is 1320. The summed E-state index contributed by atoms with van der Waals surface area (Å²) in [6.45, 7) is 9.78. The predicted octanol–water partition coefficient (Wildman–Crippen LogP) is 5.89. The van der Waals surface area contributed by atoms with Crippen LogP contribution in [0.3, 0.4) is 0 Å². The van der Waals surface area contributed by atoms with Gasteiger partial charge in [-0.15, -0.1) is 4.28 Å². The normalized spacial score (nSPS) is 20.9. The van der Waals surface area contributed by atoms with Crippen molar-refractivity contribution in [3.63, 3.8) is 0 Å². The summed E-state index contributed by atoms with van der Waals surface area (Å²) in [6, 6.07) is 13.8. The number of rotatable bonds is 9. The Morgan fingerprint density at radius 2 is 1.68 bits per heavy atom. The van der Waals surface area contributed by atoms with Gasteiger partial charge in [-0.05, 0) is 47.1 Å². The minimum absolute atomic E-state index is 0.0373. The molecule has 0 saturated carbocycles. The van der Waals surface area contributed by atoms with Crippen molar-refractivity contribution in [2.75, 3.05) is 5.75 Å². The summed E-state index contributed by atoms with van der Waals surface area (Å²) in [5.74, 6) is -0.769. The molecule has 1 heterocycles. The quantitative estimate of drug-likeness (QED) is 0.240. The molecule has 1 aliphatic heterocycles. The molecule has 1 aliphatic rings. The summed E-state index contributed by atoms with van der Waals surface area (Å²) < 4.78 is 32.2. The Balaban J connectivity index is 2.20. The Morgan fingerprint density at radius 3 is 2.16 bits per heavy atom. The SMILES string of the molecule is CC(C)C1=C(C=Cc2ccccc2)N(OS(=O)(=O)c2ccc([N+](=O)[O-])cc2)C(=O)C(CS)(C(C)C)C1C. The van der Waals surface area contributed by atoms with Crippen LogP contribution in [0.15, 0.2) is 76.8 Å². The van der Waals surface area contributed by atoms with Crippen LogP contribution >= 0.6 is 12.6 Å². The van der Waals surface area contributed by atoms with Gasteiger partial charge in [0.05, 0.1) is 20.9 Å². The minimum Gasteiger partial charge on any atom is -0.271 e. The highest BCUT2D eigenvalue weighted by molar-refractivity contribution is 7.86. The number of non-ortho nitro benzene ring substituents is 1. The van der Waals surface area contributed by atoms with Gasteiger partial charge in [-0.3, -0.25) is 14.9 Å². The molecule has 0 fully saturated rings. The molecule has 1 amide bonds. The van der Waals surface area contributed by atoms with Crippen LogP contribution in [0.2, 0.25) is 0 Å². The van der Waals surface area contributed by atoms with Gasteiger partial charge in [-0.1, -0.05) is 71.0 Å². The molecule has 8 nitrogen and oxygen atoms in total. The van der Waals surface area contributed by atoms with Crippen LogP contribution in [0.25, 0.3) is 6.08 Å². The third-order valence-electron chi connectivity index (χ3n) is 6.99. The van der Waals surface area contributed by atoms with Crippen molar-refractivity contribution < 1.29 is 22.4 Å². The predicted molar refractivity (Wildman–Crippen MR) is 146 cm³/mol. The van der Waals surface area contributed by atoms with Crippen LogP contribution in [0.1, 0.15) is 40.2 Å². The molecule has 0 N–H and O–H groups in total. The molecule has 0 aliphatic carbocycles. The first-order chi connectivity index (χ1) is 17.4. The first-order valence-corrected chi connectivity index (χ1v) is 14.0. The van der Waals surface area contributed by atoms with Crippen LogP contribution in [-0.2, 0) is 19.2 Å². The van der Waals surface area contributed by atoms with Crippen molar-refractivity contribution >= 4 is 40.4 Å². The van der Waals surface area contributed by atoms with E-state index >= 15 is 0 Å². The van der Waals surface area contributed by atoms with Crippen molar-refractivity contribution in [1.29, 1.82) is 0 Å². The zero-order valence-electron chi connectivity index (χ0n) is 21.5. The van der Waals surface area contributed by atoms with E-state index in [-0.39, 0.29) is 34.1 Å². The van der Waals surface area contributed by atoms with E-state index in [1.54, 1.807) is 12.2 Å². The molecule has 3 rings (SSSR count). The molecule has 198 valence electrons. The highest BCUT2D eigenvalue weighted by Crippen LogP contribution is 2.50. The van der Waals surface area contributed by atoms with Crippen LogP contribution < -0.4 is 0 Å². The summed E-state index contributed by atoms with van der Waals surface area (Å²) >= 11 is 4.55. The Morgan fingerprint density at radius 1 is 1.08 bits per heavy atom. The van der Waals surface area contributed by atoms with Gasteiger partial charge in [-0.2, -0.15) is 26.1 Å². The fourth-order valence-electron chi connectivity index (χ4n) is 4.88. The molecular formula is C27H32N2O6S2. The van der Waals surface area contributed by atoms with E-state index in [9.17, 15) is 23.3 Å². The smallest absolute Gasteiger partial charge is 0.271 e. The second-order valence-corrected chi connectivity index (χ2v) is 11.5. The summed E-state index contributed by atoms with van der Waals surface area (Å²) in [7, 11) is -4.51. The van der Waals surface area contributed by atoms with E-state index in [2.05, 4.69) is 12.6 Å². The number of carbonyl (C=O) groups excluding carboxylic acids is 1. The number of hydroxylamine groups is 2. The monoisotopic (exact) mass is 544 g/mol. The minimum atomic E-state index is -4.51. The van der Waals surface area contributed by atoms with Gasteiger partial charge >= 0.3 is 10.1 Å². The van der Waals surface area contributed by atoms with E-state index in [0.29, 0.717) is 5.70 Å². The zero-order chi connectivity index (χ0) is 27.5. The maximum absolute atomic E-state index is 14.1. The lowest BCUT2D eigenvalue weighted by molar-refractivity contribution is -0.384. The third-order valence-corrected chi connectivity index (χ3v) is 8.71. The third kappa shape index (κ3) is 5.51. The second kappa shape index (κ2) is 11.2. The van der Waals surface area contributed by atoms with Crippen molar-refractivity contribution in [1.82, 2.24) is 5.06 Å². The molecule has 2 aromatic carbocycles. The molecule has 2 atom stereocenters. The number of nitro groups is 1. The first kappa shape index (κ1) is 28.6. The zero-order valence-corrected chi connectivity index (χ0v) is 23.2. The molecule has 0 spiro atoms. The van der Waals surface area contributed by atoms with Crippen LogP contribution in [0.5, 0.6) is 0 Å². The van der Waals surface area contributed by atoms with Crippen molar-refractivity contribution in [3.8, 4) is 0 Å². The highest BCUT2D eigenvalue weighted by Gasteiger charge is 2.54. The summed E-state index contributed by atoms with van der Waals surface area (Å²) in [4.78, 5) is 24.2. The molecule has 0 radical (unpaired) electrons. The number of benzene rings is 2. The number of thiol groups is 1. The lowest BCUT2D eigenvalue weighted by atomic mass is 9.62. The van der Waals surface area contributed by atoms with Gasteiger partial charge < -0.3 is 0 Å². The molecule has 2 unspecified atom stereocenters. The molecule has 0 saturated heterocycles. The average molecular weight is 545 g/mol. The van der Waals surface area contributed by atoms with E-state index in [0.717, 1.165) is 40.5 Å². The van der Waals surface area contributed by atoms with Crippen LogP contribution in [0, 0.1) is 33.3 Å². The molecule has 0 aromatic heterocycles. The number of hydrogen-bond acceptors (Lipinski definition) is 7.